The van der Waals surface area contributed by atoms with Gasteiger partial charge in [0, 0.05) is 5.56 Å². The second kappa shape index (κ2) is 10.6. The van der Waals surface area contributed by atoms with Crippen molar-refractivity contribution in [1.82, 2.24) is 5.32 Å². The number of benzene rings is 2. The number of fused-ring (bicyclic) bond motifs is 1. The minimum Gasteiger partial charge on any atom is -0.426 e. The maximum Gasteiger partial charge on any atom is 0.343 e. The summed E-state index contributed by atoms with van der Waals surface area (Å²) in [7, 11) is 0. The van der Waals surface area contributed by atoms with Gasteiger partial charge in [-0.1, -0.05) is 32.0 Å². The predicted octanol–water partition coefficient (Wildman–Crippen LogP) is 4.63. The van der Waals surface area contributed by atoms with E-state index in [4.69, 9.17) is 9.47 Å². The lowest BCUT2D eigenvalue weighted by atomic mass is 10.0. The van der Waals surface area contributed by atoms with E-state index in [0.29, 0.717) is 17.1 Å². The van der Waals surface area contributed by atoms with Crippen LogP contribution in [-0.4, -0.2) is 25.0 Å². The molecule has 1 N–H and O–H groups in total. The van der Waals surface area contributed by atoms with Crippen LogP contribution in [0.1, 0.15) is 61.0 Å². The summed E-state index contributed by atoms with van der Waals surface area (Å²) in [6.45, 7) is 10.3. The first-order valence-electron chi connectivity index (χ1n) is 9.82. The molecule has 0 radical (unpaired) electrons. The first kappa shape index (κ1) is 21.6. The molecule has 0 amide bonds. The molecular weight excluding hydrogens is 354 g/mol. The maximum absolute atomic E-state index is 12.2. The molecule has 1 aliphatic heterocycles. The molecule has 1 heterocycles. The average molecular weight is 383 g/mol. The monoisotopic (exact) mass is 383 g/mol. The molecule has 1 aliphatic rings. The molecule has 0 aromatic heterocycles. The number of hydrogen-bond donors (Lipinski definition) is 1. The molecule has 5 nitrogen and oxygen atoms in total. The van der Waals surface area contributed by atoms with E-state index in [0.717, 1.165) is 11.1 Å². The van der Waals surface area contributed by atoms with E-state index in [1.807, 2.05) is 19.1 Å². The highest BCUT2D eigenvalue weighted by Gasteiger charge is 2.29. The van der Waals surface area contributed by atoms with Gasteiger partial charge in [0.2, 0.25) is 0 Å². The molecule has 2 aromatic rings. The number of nitrogens with one attached hydrogen (secondary N) is 1. The van der Waals surface area contributed by atoms with Crippen molar-refractivity contribution < 1.29 is 19.1 Å². The second-order valence-corrected chi connectivity index (χ2v) is 6.80. The first-order chi connectivity index (χ1) is 13.5. The minimum absolute atomic E-state index is 0.285. The summed E-state index contributed by atoms with van der Waals surface area (Å²) >= 11 is 0. The summed E-state index contributed by atoms with van der Waals surface area (Å²) in [5.41, 5.74) is 2.13. The SMILES string of the molecule is CCCNCCC.Cc1ccccc1C(=O)Oc1ccc2c(c1)C(C)C(=O)O2. The van der Waals surface area contributed by atoms with Gasteiger partial charge in [-0.25, -0.2) is 4.79 Å². The Balaban J connectivity index is 0.000000345. The molecule has 0 saturated heterocycles. The van der Waals surface area contributed by atoms with Crippen molar-refractivity contribution in [3.63, 3.8) is 0 Å². The third kappa shape index (κ3) is 5.67. The van der Waals surface area contributed by atoms with E-state index in [9.17, 15) is 9.59 Å². The molecule has 0 bridgehead atoms. The lowest BCUT2D eigenvalue weighted by Crippen LogP contribution is -2.14. The smallest absolute Gasteiger partial charge is 0.343 e. The van der Waals surface area contributed by atoms with Gasteiger partial charge in [0.15, 0.2) is 0 Å². The molecule has 0 spiro atoms. The van der Waals surface area contributed by atoms with Gasteiger partial charge < -0.3 is 14.8 Å². The van der Waals surface area contributed by atoms with E-state index in [-0.39, 0.29) is 11.9 Å². The summed E-state index contributed by atoms with van der Waals surface area (Å²) in [5, 5.41) is 3.28. The number of aryl methyl sites for hydroxylation is 1. The minimum atomic E-state index is -0.411. The lowest BCUT2D eigenvalue weighted by Gasteiger charge is -2.08. The first-order valence-corrected chi connectivity index (χ1v) is 9.82. The van der Waals surface area contributed by atoms with Crippen LogP contribution in [0.4, 0.5) is 0 Å². The zero-order valence-electron chi connectivity index (χ0n) is 17.1. The Bertz CT molecular complexity index is 812. The summed E-state index contributed by atoms with van der Waals surface area (Å²) in [6.07, 6.45) is 2.50. The van der Waals surface area contributed by atoms with Gasteiger partial charge in [-0.05, 0) is 69.6 Å². The molecule has 0 fully saturated rings. The van der Waals surface area contributed by atoms with E-state index in [1.165, 1.54) is 25.9 Å². The molecule has 28 heavy (non-hydrogen) atoms. The van der Waals surface area contributed by atoms with Crippen LogP contribution in [0.5, 0.6) is 11.5 Å². The van der Waals surface area contributed by atoms with Crippen molar-refractivity contribution in [1.29, 1.82) is 0 Å². The topological polar surface area (TPSA) is 64.6 Å². The van der Waals surface area contributed by atoms with E-state index in [2.05, 4.69) is 19.2 Å². The Morgan fingerprint density at radius 3 is 2.43 bits per heavy atom. The number of rotatable bonds is 6. The Labute approximate surface area is 167 Å². The van der Waals surface area contributed by atoms with Gasteiger partial charge in [-0.15, -0.1) is 0 Å². The molecular formula is C23H29NO4. The summed E-state index contributed by atoms with van der Waals surface area (Å²) in [5.74, 6) is -0.0919. The van der Waals surface area contributed by atoms with Crippen molar-refractivity contribution in [2.45, 2.75) is 46.5 Å². The molecule has 2 aromatic carbocycles. The normalized spacial score (nSPS) is 14.6. The van der Waals surface area contributed by atoms with Gasteiger partial charge in [-0.3, -0.25) is 4.79 Å². The highest BCUT2D eigenvalue weighted by Crippen LogP contribution is 2.37. The van der Waals surface area contributed by atoms with E-state index < -0.39 is 5.97 Å². The van der Waals surface area contributed by atoms with E-state index in [1.54, 1.807) is 37.3 Å². The van der Waals surface area contributed by atoms with Crippen molar-refractivity contribution in [2.24, 2.45) is 0 Å². The Hall–Kier alpha value is -2.66. The van der Waals surface area contributed by atoms with Crippen molar-refractivity contribution in [3.8, 4) is 11.5 Å². The molecule has 3 rings (SSSR count). The van der Waals surface area contributed by atoms with Gasteiger partial charge in [0.05, 0.1) is 11.5 Å². The van der Waals surface area contributed by atoms with Gasteiger partial charge in [0.1, 0.15) is 11.5 Å². The Morgan fingerprint density at radius 1 is 1.11 bits per heavy atom. The van der Waals surface area contributed by atoms with E-state index >= 15 is 0 Å². The van der Waals surface area contributed by atoms with Crippen molar-refractivity contribution in [3.05, 3.63) is 59.2 Å². The summed E-state index contributed by atoms with van der Waals surface area (Å²) in [6, 6.07) is 12.2. The predicted molar refractivity (Wildman–Crippen MR) is 110 cm³/mol. The van der Waals surface area contributed by atoms with Crippen LogP contribution in [-0.2, 0) is 4.79 Å². The van der Waals surface area contributed by atoms with Gasteiger partial charge in [-0.2, -0.15) is 0 Å². The Kier molecular flexibility index (Phi) is 8.20. The standard InChI is InChI=1S/C17H14O4.C6H15N/c1-10-5-3-4-6-13(10)17(19)20-12-7-8-15-14(9-12)11(2)16(18)21-15;1-3-5-7-6-4-2/h3-9,11H,1-2H3;7H,3-6H2,1-2H3. The van der Waals surface area contributed by atoms with Crippen LogP contribution in [0.15, 0.2) is 42.5 Å². The van der Waals surface area contributed by atoms with Crippen LogP contribution < -0.4 is 14.8 Å². The van der Waals surface area contributed by atoms with Crippen LogP contribution in [0.3, 0.4) is 0 Å². The Morgan fingerprint density at radius 2 is 1.79 bits per heavy atom. The number of esters is 2. The fourth-order valence-electron chi connectivity index (χ4n) is 2.79. The quantitative estimate of drug-likeness (QED) is 0.447. The largest absolute Gasteiger partial charge is 0.426 e. The summed E-state index contributed by atoms with van der Waals surface area (Å²) in [4.78, 5) is 23.7. The van der Waals surface area contributed by atoms with Crippen LogP contribution in [0.25, 0.3) is 0 Å². The molecule has 0 aliphatic carbocycles. The lowest BCUT2D eigenvalue weighted by molar-refractivity contribution is -0.133. The molecule has 5 heteroatoms. The molecule has 1 unspecified atom stereocenters. The van der Waals surface area contributed by atoms with Gasteiger partial charge >= 0.3 is 11.9 Å². The summed E-state index contributed by atoms with van der Waals surface area (Å²) < 4.78 is 10.5. The number of hydrogen-bond acceptors (Lipinski definition) is 5. The zero-order chi connectivity index (χ0) is 20.5. The van der Waals surface area contributed by atoms with Crippen LogP contribution in [0, 0.1) is 6.92 Å². The van der Waals surface area contributed by atoms with Gasteiger partial charge in [0.25, 0.3) is 0 Å². The van der Waals surface area contributed by atoms with Crippen LogP contribution >= 0.6 is 0 Å². The maximum atomic E-state index is 12.2. The number of carbonyl (C=O) groups excluding carboxylic acids is 2. The fraction of sp³-hybridized carbons (Fsp3) is 0.391. The second-order valence-electron chi connectivity index (χ2n) is 6.80. The third-order valence-corrected chi connectivity index (χ3v) is 4.44. The number of carbonyl (C=O) groups is 2. The fourth-order valence-corrected chi connectivity index (χ4v) is 2.79. The van der Waals surface area contributed by atoms with Crippen molar-refractivity contribution in [2.75, 3.05) is 13.1 Å². The highest BCUT2D eigenvalue weighted by molar-refractivity contribution is 5.92. The molecule has 150 valence electrons. The molecule has 1 atom stereocenters. The third-order valence-electron chi connectivity index (χ3n) is 4.44. The number of ether oxygens (including phenoxy) is 2. The molecule has 0 saturated carbocycles. The highest BCUT2D eigenvalue weighted by atomic mass is 16.5. The zero-order valence-corrected chi connectivity index (χ0v) is 17.1. The average Bonchev–Trinajstić information content (AvgIpc) is 2.97. The van der Waals surface area contributed by atoms with Crippen LogP contribution in [0.2, 0.25) is 0 Å². The van der Waals surface area contributed by atoms with Crippen molar-refractivity contribution >= 4 is 11.9 Å².